The lowest BCUT2D eigenvalue weighted by Gasteiger charge is -2.34. The maximum Gasteiger partial charge on any atom is 0.292 e. The Morgan fingerprint density at radius 2 is 1.85 bits per heavy atom. The topological polar surface area (TPSA) is 133 Å². The van der Waals surface area contributed by atoms with Crippen molar-refractivity contribution in [3.05, 3.63) is 112 Å². The largest absolute Gasteiger partial charge is 0.493 e. The van der Waals surface area contributed by atoms with Crippen molar-refractivity contribution in [1.82, 2.24) is 15.0 Å². The molecule has 3 aromatic carbocycles. The fraction of sp³-hybridized carbons (Fsp3) is 0.167. The summed E-state index contributed by atoms with van der Waals surface area (Å²) in [6.45, 7) is 0.677. The number of hydrogen-bond donors (Lipinski definition) is 3. The number of nitrogens with zero attached hydrogens (tertiary/aromatic N) is 3. The lowest BCUT2D eigenvalue weighted by Crippen LogP contribution is -2.95. The molecule has 1 aromatic heterocycles. The van der Waals surface area contributed by atoms with Gasteiger partial charge in [-0.15, -0.1) is 0 Å². The number of nitrogen functional groups attached to an aromatic ring is 2. The van der Waals surface area contributed by atoms with Crippen LogP contribution in [0.2, 0.25) is 0 Å². The molecule has 0 spiro atoms. The number of carbonyl (C=O) groups excluding carboxylic acids is 1. The Kier molecular flexibility index (Phi) is 7.42. The van der Waals surface area contributed by atoms with E-state index in [4.69, 9.17) is 20.9 Å². The Labute approximate surface area is 227 Å². The lowest BCUT2D eigenvalue weighted by molar-refractivity contribution is -0.809. The molecular formula is C30H31N6O3+. The van der Waals surface area contributed by atoms with Crippen LogP contribution in [0.4, 0.5) is 11.8 Å². The van der Waals surface area contributed by atoms with Gasteiger partial charge < -0.3 is 20.9 Å². The molecular weight excluding hydrogens is 492 g/mol. The molecule has 198 valence electrons. The number of methoxy groups -OCH3 is 2. The maximum atomic E-state index is 13.7. The van der Waals surface area contributed by atoms with E-state index in [9.17, 15) is 4.79 Å². The summed E-state index contributed by atoms with van der Waals surface area (Å²) in [6.07, 6.45) is 5.39. The zero-order valence-corrected chi connectivity index (χ0v) is 21.9. The van der Waals surface area contributed by atoms with Crippen LogP contribution in [0.15, 0.2) is 79.0 Å². The summed E-state index contributed by atoms with van der Waals surface area (Å²) in [5, 5.41) is 1.80. The minimum absolute atomic E-state index is 0.122. The summed E-state index contributed by atoms with van der Waals surface area (Å²) in [4.78, 5) is 21.8. The average molecular weight is 524 g/mol. The van der Waals surface area contributed by atoms with Gasteiger partial charge in [0.25, 0.3) is 5.91 Å². The third-order valence-electron chi connectivity index (χ3n) is 6.79. The molecule has 1 aliphatic heterocycles. The van der Waals surface area contributed by atoms with E-state index >= 15 is 0 Å². The van der Waals surface area contributed by atoms with Crippen molar-refractivity contribution in [2.24, 2.45) is 0 Å². The minimum atomic E-state index is -0.218. The van der Waals surface area contributed by atoms with E-state index in [0.29, 0.717) is 35.8 Å². The number of fused-ring (bicyclic) bond motifs is 1. The molecule has 9 heteroatoms. The first-order valence-electron chi connectivity index (χ1n) is 12.6. The summed E-state index contributed by atoms with van der Waals surface area (Å²) in [5.41, 5.74) is 19.4. The summed E-state index contributed by atoms with van der Waals surface area (Å²) in [6, 6.07) is 21.9. The second-order valence-corrected chi connectivity index (χ2v) is 9.21. The van der Waals surface area contributed by atoms with Crippen LogP contribution in [0.3, 0.4) is 0 Å². The fourth-order valence-corrected chi connectivity index (χ4v) is 4.95. The molecule has 2 heterocycles. The Bertz CT molecular complexity index is 1520. The third kappa shape index (κ3) is 5.39. The SMILES string of the molecule is COc1cc(Cc2cnc(N)nc2N)cc(/C=C/C(=O)N2[NH2+]Cc3ccccc3[C@@H]2c2ccccc2)c1OC. The van der Waals surface area contributed by atoms with Crippen molar-refractivity contribution in [1.29, 1.82) is 0 Å². The van der Waals surface area contributed by atoms with Crippen molar-refractivity contribution in [3.8, 4) is 11.5 Å². The molecule has 0 radical (unpaired) electrons. The molecule has 0 bridgehead atoms. The van der Waals surface area contributed by atoms with Crippen LogP contribution in [0.1, 0.15) is 39.4 Å². The van der Waals surface area contributed by atoms with Crippen LogP contribution < -0.4 is 26.4 Å². The molecule has 6 N–H and O–H groups in total. The van der Waals surface area contributed by atoms with E-state index in [1.165, 1.54) is 5.56 Å². The van der Waals surface area contributed by atoms with E-state index in [0.717, 1.165) is 22.3 Å². The standard InChI is InChI=1S/C30H30N6O3/c1-38-25-16-19(15-23-17-33-30(32)35-29(23)31)14-21(28(25)39-2)12-13-26(37)36-27(20-8-4-3-5-9-20)24-11-7-6-10-22(24)18-34-36/h3-14,16-17,27,34H,15,18H2,1-2H3,(H4,31,32,33,35)/p+1/b13-12+/t27-/m0/s1. The van der Waals surface area contributed by atoms with E-state index in [-0.39, 0.29) is 17.9 Å². The van der Waals surface area contributed by atoms with Crippen LogP contribution in [-0.4, -0.2) is 35.1 Å². The zero-order valence-electron chi connectivity index (χ0n) is 21.9. The molecule has 0 fully saturated rings. The van der Waals surface area contributed by atoms with Crippen molar-refractivity contribution in [2.75, 3.05) is 25.7 Å². The molecule has 5 rings (SSSR count). The predicted molar refractivity (Wildman–Crippen MR) is 149 cm³/mol. The first kappa shape index (κ1) is 25.7. The summed E-state index contributed by atoms with van der Waals surface area (Å²) < 4.78 is 11.3. The van der Waals surface area contributed by atoms with E-state index in [2.05, 4.69) is 34.2 Å². The Balaban J connectivity index is 1.48. The van der Waals surface area contributed by atoms with Crippen LogP contribution in [0.25, 0.3) is 6.08 Å². The first-order valence-corrected chi connectivity index (χ1v) is 12.6. The summed E-state index contributed by atoms with van der Waals surface area (Å²) in [5.74, 6) is 1.37. The van der Waals surface area contributed by atoms with Crippen LogP contribution >= 0.6 is 0 Å². The minimum Gasteiger partial charge on any atom is -0.493 e. The number of hydrogen-bond acceptors (Lipinski definition) is 7. The second-order valence-electron chi connectivity index (χ2n) is 9.21. The number of aromatic nitrogens is 2. The van der Waals surface area contributed by atoms with Gasteiger partial charge in [0, 0.05) is 35.4 Å². The van der Waals surface area contributed by atoms with Gasteiger partial charge in [0.1, 0.15) is 18.4 Å². The third-order valence-corrected chi connectivity index (χ3v) is 6.79. The summed E-state index contributed by atoms with van der Waals surface area (Å²) in [7, 11) is 3.15. The molecule has 9 nitrogen and oxygen atoms in total. The maximum absolute atomic E-state index is 13.7. The molecule has 4 aromatic rings. The van der Waals surface area contributed by atoms with Gasteiger partial charge in [-0.2, -0.15) is 9.99 Å². The van der Waals surface area contributed by atoms with Gasteiger partial charge in [-0.05, 0) is 34.9 Å². The van der Waals surface area contributed by atoms with Gasteiger partial charge in [0.05, 0.1) is 14.2 Å². The van der Waals surface area contributed by atoms with Gasteiger partial charge in [-0.3, -0.25) is 4.79 Å². The molecule has 0 unspecified atom stereocenters. The van der Waals surface area contributed by atoms with Crippen LogP contribution in [0.5, 0.6) is 11.5 Å². The van der Waals surface area contributed by atoms with Gasteiger partial charge in [-0.1, -0.05) is 54.6 Å². The number of amides is 1. The number of rotatable bonds is 7. The van der Waals surface area contributed by atoms with Gasteiger partial charge in [0.15, 0.2) is 11.5 Å². The first-order chi connectivity index (χ1) is 19.0. The predicted octanol–water partition coefficient (Wildman–Crippen LogP) is 2.87. The van der Waals surface area contributed by atoms with Crippen molar-refractivity contribution < 1.29 is 19.7 Å². The van der Waals surface area contributed by atoms with Gasteiger partial charge >= 0.3 is 0 Å². The average Bonchev–Trinajstić information content (AvgIpc) is 2.96. The highest BCUT2D eigenvalue weighted by Crippen LogP contribution is 2.35. The smallest absolute Gasteiger partial charge is 0.292 e. The van der Waals surface area contributed by atoms with Crippen molar-refractivity contribution in [2.45, 2.75) is 19.0 Å². The van der Waals surface area contributed by atoms with Gasteiger partial charge in [0.2, 0.25) is 5.95 Å². The number of carbonyl (C=O) groups is 1. The number of benzene rings is 3. The normalized spacial score (nSPS) is 14.7. The van der Waals surface area contributed by atoms with Crippen LogP contribution in [0, 0.1) is 0 Å². The molecule has 1 amide bonds. The number of anilines is 2. The molecule has 1 aliphatic rings. The van der Waals surface area contributed by atoms with Crippen LogP contribution in [-0.2, 0) is 17.8 Å². The quantitative estimate of drug-likeness (QED) is 0.193. The van der Waals surface area contributed by atoms with Crippen molar-refractivity contribution >= 4 is 23.7 Å². The fourth-order valence-electron chi connectivity index (χ4n) is 4.95. The molecule has 1 atom stereocenters. The number of quaternary nitrogens is 1. The lowest BCUT2D eigenvalue weighted by atomic mass is 9.92. The highest BCUT2D eigenvalue weighted by atomic mass is 16.5. The zero-order chi connectivity index (χ0) is 27.4. The van der Waals surface area contributed by atoms with E-state index in [1.54, 1.807) is 37.6 Å². The molecule has 0 saturated carbocycles. The molecule has 0 aliphatic carbocycles. The Morgan fingerprint density at radius 3 is 2.59 bits per heavy atom. The van der Waals surface area contributed by atoms with E-state index < -0.39 is 0 Å². The monoisotopic (exact) mass is 523 g/mol. The van der Waals surface area contributed by atoms with E-state index in [1.807, 2.05) is 47.9 Å². The number of ether oxygens (including phenoxy) is 2. The highest BCUT2D eigenvalue weighted by molar-refractivity contribution is 5.92. The van der Waals surface area contributed by atoms with Crippen molar-refractivity contribution in [3.63, 3.8) is 0 Å². The van der Waals surface area contributed by atoms with Gasteiger partial charge in [-0.25, -0.2) is 10.4 Å². The Hall–Kier alpha value is -4.89. The number of nitrogens with two attached hydrogens (primary N) is 3. The molecule has 0 saturated heterocycles. The Morgan fingerprint density at radius 1 is 1.08 bits per heavy atom. The molecule has 39 heavy (non-hydrogen) atoms. The summed E-state index contributed by atoms with van der Waals surface area (Å²) >= 11 is 0. The highest BCUT2D eigenvalue weighted by Gasteiger charge is 2.34. The second kappa shape index (κ2) is 11.2.